The Balaban J connectivity index is 1.72. The molecular formula is C19H27NO2. The maximum atomic E-state index is 12.9. The summed E-state index contributed by atoms with van der Waals surface area (Å²) in [5.41, 5.74) is 1.47. The van der Waals surface area contributed by atoms with Gasteiger partial charge in [0.25, 0.3) is 5.91 Å². The molecule has 1 aliphatic carbocycles. The average Bonchev–Trinajstić information content (AvgIpc) is 3.24. The Morgan fingerprint density at radius 3 is 2.73 bits per heavy atom. The Bertz CT molecular complexity index is 555. The van der Waals surface area contributed by atoms with Gasteiger partial charge in [0, 0.05) is 17.6 Å². The monoisotopic (exact) mass is 301 g/mol. The molecule has 0 radical (unpaired) electrons. The van der Waals surface area contributed by atoms with Gasteiger partial charge in [-0.25, -0.2) is 0 Å². The van der Waals surface area contributed by atoms with Crippen LogP contribution in [0.15, 0.2) is 24.3 Å². The van der Waals surface area contributed by atoms with Gasteiger partial charge in [-0.3, -0.25) is 4.79 Å². The zero-order valence-electron chi connectivity index (χ0n) is 13.8. The third-order valence-electron chi connectivity index (χ3n) is 5.12. The van der Waals surface area contributed by atoms with Crippen LogP contribution in [0, 0.1) is 0 Å². The fourth-order valence-corrected chi connectivity index (χ4v) is 3.54. The highest BCUT2D eigenvalue weighted by atomic mass is 16.3. The van der Waals surface area contributed by atoms with Crippen molar-refractivity contribution in [1.29, 1.82) is 0 Å². The van der Waals surface area contributed by atoms with Gasteiger partial charge in [0.15, 0.2) is 0 Å². The quantitative estimate of drug-likeness (QED) is 0.924. The molecule has 2 fully saturated rings. The molecule has 1 spiro atoms. The van der Waals surface area contributed by atoms with E-state index < -0.39 is 5.60 Å². The minimum absolute atomic E-state index is 0.193. The molecule has 1 aliphatic heterocycles. The van der Waals surface area contributed by atoms with Gasteiger partial charge in [-0.2, -0.15) is 0 Å². The standard InChI is InChI=1S/C19H27NO2/c1-18(2,22)10-8-15-6-5-7-16(14-15)17(21)20-13-4-3-9-19(20)11-12-19/h5-7,14,22H,3-4,8-13H2,1-2H3. The van der Waals surface area contributed by atoms with Crippen LogP contribution >= 0.6 is 0 Å². The second-order valence-corrected chi connectivity index (χ2v) is 7.65. The van der Waals surface area contributed by atoms with E-state index in [0.717, 1.165) is 30.5 Å². The molecule has 22 heavy (non-hydrogen) atoms. The SMILES string of the molecule is CC(C)(O)CCc1cccc(C(=O)N2CCCCC23CC3)c1. The third kappa shape index (κ3) is 3.35. The van der Waals surface area contributed by atoms with Crippen molar-refractivity contribution in [3.8, 4) is 0 Å². The number of hydrogen-bond acceptors (Lipinski definition) is 2. The molecule has 2 aliphatic rings. The van der Waals surface area contributed by atoms with E-state index in [9.17, 15) is 9.90 Å². The van der Waals surface area contributed by atoms with Crippen molar-refractivity contribution in [2.24, 2.45) is 0 Å². The zero-order valence-corrected chi connectivity index (χ0v) is 13.8. The van der Waals surface area contributed by atoms with Crippen molar-refractivity contribution in [2.75, 3.05) is 6.54 Å². The Hall–Kier alpha value is -1.35. The van der Waals surface area contributed by atoms with Gasteiger partial charge in [0.1, 0.15) is 0 Å². The first-order valence-electron chi connectivity index (χ1n) is 8.53. The number of amides is 1. The first-order chi connectivity index (χ1) is 10.4. The van der Waals surface area contributed by atoms with Crippen LogP contribution in [0.3, 0.4) is 0 Å². The summed E-state index contributed by atoms with van der Waals surface area (Å²) in [4.78, 5) is 15.0. The van der Waals surface area contributed by atoms with Gasteiger partial charge in [-0.15, -0.1) is 0 Å². The molecule has 3 nitrogen and oxygen atoms in total. The number of piperidine rings is 1. The number of carbonyl (C=O) groups is 1. The Morgan fingerprint density at radius 1 is 1.27 bits per heavy atom. The molecule has 1 saturated heterocycles. The first-order valence-corrected chi connectivity index (χ1v) is 8.53. The molecule has 1 amide bonds. The number of rotatable bonds is 4. The van der Waals surface area contributed by atoms with Gasteiger partial charge < -0.3 is 10.0 Å². The van der Waals surface area contributed by atoms with Crippen LogP contribution in [0.4, 0.5) is 0 Å². The normalized spacial score (nSPS) is 20.2. The molecule has 1 aromatic rings. The highest BCUT2D eigenvalue weighted by molar-refractivity contribution is 5.95. The predicted octanol–water partition coefficient (Wildman–Crippen LogP) is 3.55. The summed E-state index contributed by atoms with van der Waals surface area (Å²) >= 11 is 0. The molecular weight excluding hydrogens is 274 g/mol. The summed E-state index contributed by atoms with van der Waals surface area (Å²) in [6.07, 6.45) is 7.43. The summed E-state index contributed by atoms with van der Waals surface area (Å²) < 4.78 is 0. The topological polar surface area (TPSA) is 40.5 Å². The van der Waals surface area contributed by atoms with Crippen LogP contribution in [0.5, 0.6) is 0 Å². The molecule has 0 unspecified atom stereocenters. The van der Waals surface area contributed by atoms with Crippen LogP contribution in [0.25, 0.3) is 0 Å². The van der Waals surface area contributed by atoms with E-state index in [1.54, 1.807) is 0 Å². The van der Waals surface area contributed by atoms with Gasteiger partial charge in [-0.1, -0.05) is 12.1 Å². The molecule has 1 heterocycles. The lowest BCUT2D eigenvalue weighted by atomic mass is 9.96. The third-order valence-corrected chi connectivity index (χ3v) is 5.12. The predicted molar refractivity (Wildman–Crippen MR) is 87.9 cm³/mol. The summed E-state index contributed by atoms with van der Waals surface area (Å²) in [7, 11) is 0. The smallest absolute Gasteiger partial charge is 0.254 e. The lowest BCUT2D eigenvalue weighted by molar-refractivity contribution is 0.0573. The lowest BCUT2D eigenvalue weighted by Gasteiger charge is -2.36. The second-order valence-electron chi connectivity index (χ2n) is 7.65. The van der Waals surface area contributed by atoms with Crippen molar-refractivity contribution >= 4 is 5.91 Å². The Kier molecular flexibility index (Phi) is 4.02. The van der Waals surface area contributed by atoms with Crippen LogP contribution in [0.2, 0.25) is 0 Å². The van der Waals surface area contributed by atoms with Gasteiger partial charge in [-0.05, 0) is 76.5 Å². The van der Waals surface area contributed by atoms with E-state index >= 15 is 0 Å². The number of likely N-dealkylation sites (tertiary alicyclic amines) is 1. The summed E-state index contributed by atoms with van der Waals surface area (Å²) in [5.74, 6) is 0.197. The van der Waals surface area contributed by atoms with Gasteiger partial charge in [0.2, 0.25) is 0 Å². The molecule has 0 bridgehead atoms. The number of aryl methyl sites for hydroxylation is 1. The highest BCUT2D eigenvalue weighted by Gasteiger charge is 2.50. The summed E-state index contributed by atoms with van der Waals surface area (Å²) in [6.45, 7) is 4.56. The maximum Gasteiger partial charge on any atom is 0.254 e. The summed E-state index contributed by atoms with van der Waals surface area (Å²) in [6, 6.07) is 7.96. The number of carbonyl (C=O) groups excluding carboxylic acids is 1. The minimum Gasteiger partial charge on any atom is -0.390 e. The van der Waals surface area contributed by atoms with E-state index in [1.165, 1.54) is 25.7 Å². The fraction of sp³-hybridized carbons (Fsp3) is 0.632. The van der Waals surface area contributed by atoms with Crippen LogP contribution in [-0.4, -0.2) is 33.6 Å². The molecule has 3 heteroatoms. The van der Waals surface area contributed by atoms with Crippen molar-refractivity contribution < 1.29 is 9.90 Å². The van der Waals surface area contributed by atoms with Gasteiger partial charge >= 0.3 is 0 Å². The Labute approximate surface area is 133 Å². The van der Waals surface area contributed by atoms with E-state index in [1.807, 2.05) is 38.1 Å². The maximum absolute atomic E-state index is 12.9. The molecule has 0 atom stereocenters. The number of benzene rings is 1. The fourth-order valence-electron chi connectivity index (χ4n) is 3.54. The van der Waals surface area contributed by atoms with Crippen molar-refractivity contribution in [1.82, 2.24) is 4.90 Å². The van der Waals surface area contributed by atoms with E-state index in [4.69, 9.17) is 0 Å². The van der Waals surface area contributed by atoms with Crippen molar-refractivity contribution in [3.63, 3.8) is 0 Å². The molecule has 1 aromatic carbocycles. The van der Waals surface area contributed by atoms with Gasteiger partial charge in [0.05, 0.1) is 5.60 Å². The van der Waals surface area contributed by atoms with Crippen LogP contribution in [0.1, 0.15) is 68.3 Å². The van der Waals surface area contributed by atoms with Crippen molar-refractivity contribution in [3.05, 3.63) is 35.4 Å². The molecule has 3 rings (SSSR count). The largest absolute Gasteiger partial charge is 0.390 e. The molecule has 1 N–H and O–H groups in total. The van der Waals surface area contributed by atoms with Crippen LogP contribution < -0.4 is 0 Å². The first kappa shape index (κ1) is 15.5. The average molecular weight is 301 g/mol. The lowest BCUT2D eigenvalue weighted by Crippen LogP contribution is -2.45. The number of hydrogen-bond donors (Lipinski definition) is 1. The Morgan fingerprint density at radius 2 is 2.05 bits per heavy atom. The second kappa shape index (κ2) is 5.69. The zero-order chi connectivity index (χ0) is 15.8. The van der Waals surface area contributed by atoms with Crippen molar-refractivity contribution in [2.45, 2.75) is 69.9 Å². The number of aliphatic hydroxyl groups is 1. The van der Waals surface area contributed by atoms with E-state index in [-0.39, 0.29) is 11.4 Å². The molecule has 1 saturated carbocycles. The molecule has 120 valence electrons. The van der Waals surface area contributed by atoms with E-state index in [0.29, 0.717) is 6.42 Å². The molecule has 0 aromatic heterocycles. The highest BCUT2D eigenvalue weighted by Crippen LogP contribution is 2.48. The van der Waals surface area contributed by atoms with E-state index in [2.05, 4.69) is 4.90 Å². The number of nitrogens with zero attached hydrogens (tertiary/aromatic N) is 1. The van der Waals surface area contributed by atoms with Crippen LogP contribution in [-0.2, 0) is 6.42 Å². The summed E-state index contributed by atoms with van der Waals surface area (Å²) in [5, 5.41) is 9.86. The minimum atomic E-state index is -0.662.